The molecule has 0 atom stereocenters. The van der Waals surface area contributed by atoms with E-state index in [4.69, 9.17) is 10.1 Å². The maximum Gasteiger partial charge on any atom is 0.202 e. The minimum absolute atomic E-state index is 0. The van der Waals surface area contributed by atoms with Crippen LogP contribution in [-0.4, -0.2) is 15.7 Å². The van der Waals surface area contributed by atoms with Gasteiger partial charge in [-0.3, -0.25) is 5.41 Å². The van der Waals surface area contributed by atoms with Gasteiger partial charge in [-0.05, 0) is 36.4 Å². The second-order valence-electron chi connectivity index (χ2n) is 4.83. The highest BCUT2D eigenvalue weighted by molar-refractivity contribution is 8.93. The second kappa shape index (κ2) is 6.79. The molecule has 22 heavy (non-hydrogen) atoms. The van der Waals surface area contributed by atoms with Gasteiger partial charge in [-0.1, -0.05) is 12.1 Å². The molecule has 0 unspecified atom stereocenters. The van der Waals surface area contributed by atoms with E-state index >= 15 is 0 Å². The molecule has 0 aliphatic carbocycles. The summed E-state index contributed by atoms with van der Waals surface area (Å²) in [6, 6.07) is 13.8. The summed E-state index contributed by atoms with van der Waals surface area (Å²) >= 11 is 0. The Balaban J connectivity index is 0.00000176. The monoisotopic (exact) mass is 365 g/mol. The van der Waals surface area contributed by atoms with Crippen molar-refractivity contribution in [1.29, 1.82) is 5.41 Å². The predicted octanol–water partition coefficient (Wildman–Crippen LogP) is 3.26. The zero-order chi connectivity index (χ0) is 14.8. The number of hydrogen-bond acceptors (Lipinski definition) is 2. The van der Waals surface area contributed by atoms with Crippen molar-refractivity contribution in [2.75, 3.05) is 6.61 Å². The molecule has 0 amide bonds. The molecule has 1 heterocycles. The highest BCUT2D eigenvalue weighted by atomic mass is 79.9. The third-order valence-electron chi connectivity index (χ3n) is 3.50. The maximum atomic E-state index is 12.8. The zero-order valence-corrected chi connectivity index (χ0v) is 13.8. The minimum Gasteiger partial charge on any atom is -0.492 e. The highest BCUT2D eigenvalue weighted by Crippen LogP contribution is 2.13. The molecule has 0 saturated heterocycles. The molecule has 4 nitrogen and oxygen atoms in total. The van der Waals surface area contributed by atoms with Crippen LogP contribution in [0.1, 0.15) is 0 Å². The number of benzene rings is 2. The maximum absolute atomic E-state index is 12.8. The van der Waals surface area contributed by atoms with Crippen LogP contribution in [0.2, 0.25) is 0 Å². The SMILES string of the molecule is Br.Cn1c(=N)n(CCOc2ccc(F)cc2)c2ccccc21. The Morgan fingerprint density at radius 3 is 2.36 bits per heavy atom. The Morgan fingerprint density at radius 2 is 1.68 bits per heavy atom. The number of aryl methyl sites for hydroxylation is 1. The fraction of sp³-hybridized carbons (Fsp3) is 0.188. The van der Waals surface area contributed by atoms with Crippen LogP contribution in [0.5, 0.6) is 5.75 Å². The Morgan fingerprint density at radius 1 is 1.05 bits per heavy atom. The quantitative estimate of drug-likeness (QED) is 0.757. The first-order chi connectivity index (χ1) is 10.2. The van der Waals surface area contributed by atoms with Crippen LogP contribution in [0, 0.1) is 11.2 Å². The summed E-state index contributed by atoms with van der Waals surface area (Å²) in [4.78, 5) is 0. The molecule has 0 spiro atoms. The van der Waals surface area contributed by atoms with E-state index in [0.29, 0.717) is 24.5 Å². The van der Waals surface area contributed by atoms with Crippen molar-refractivity contribution in [2.45, 2.75) is 6.54 Å². The number of ether oxygens (including phenoxy) is 1. The van der Waals surface area contributed by atoms with Crippen molar-refractivity contribution in [3.63, 3.8) is 0 Å². The lowest BCUT2D eigenvalue weighted by Crippen LogP contribution is -2.24. The first-order valence-corrected chi connectivity index (χ1v) is 6.74. The summed E-state index contributed by atoms with van der Waals surface area (Å²) in [5, 5.41) is 8.16. The average Bonchev–Trinajstić information content (AvgIpc) is 2.75. The van der Waals surface area contributed by atoms with Crippen molar-refractivity contribution in [2.24, 2.45) is 7.05 Å². The predicted molar refractivity (Wildman–Crippen MR) is 89.0 cm³/mol. The van der Waals surface area contributed by atoms with E-state index in [9.17, 15) is 4.39 Å². The lowest BCUT2D eigenvalue weighted by molar-refractivity contribution is 0.296. The Kier molecular flexibility index (Phi) is 5.03. The molecule has 116 valence electrons. The molecule has 1 aromatic heterocycles. The summed E-state index contributed by atoms with van der Waals surface area (Å²) < 4.78 is 22.2. The minimum atomic E-state index is -0.278. The van der Waals surface area contributed by atoms with E-state index in [2.05, 4.69) is 0 Å². The molecule has 3 rings (SSSR count). The first kappa shape index (κ1) is 16.3. The van der Waals surface area contributed by atoms with Gasteiger partial charge in [0, 0.05) is 7.05 Å². The van der Waals surface area contributed by atoms with Gasteiger partial charge in [-0.25, -0.2) is 4.39 Å². The van der Waals surface area contributed by atoms with Crippen molar-refractivity contribution in [3.8, 4) is 5.75 Å². The number of nitrogens with one attached hydrogen (secondary N) is 1. The lowest BCUT2D eigenvalue weighted by Gasteiger charge is -2.07. The number of para-hydroxylation sites is 2. The Bertz CT molecular complexity index is 824. The summed E-state index contributed by atoms with van der Waals surface area (Å²) in [6.45, 7) is 0.994. The summed E-state index contributed by atoms with van der Waals surface area (Å²) in [5.41, 5.74) is 2.45. The topological polar surface area (TPSA) is 42.9 Å². The second-order valence-corrected chi connectivity index (χ2v) is 4.83. The molecule has 0 radical (unpaired) electrons. The van der Waals surface area contributed by atoms with Gasteiger partial charge in [0.25, 0.3) is 0 Å². The summed E-state index contributed by atoms with van der Waals surface area (Å²) in [5.74, 6) is 0.350. The number of rotatable bonds is 4. The van der Waals surface area contributed by atoms with Crippen molar-refractivity contribution in [1.82, 2.24) is 9.13 Å². The Labute approximate surface area is 138 Å². The number of halogens is 2. The Hall–Kier alpha value is -2.08. The van der Waals surface area contributed by atoms with Crippen molar-refractivity contribution in [3.05, 3.63) is 60.0 Å². The lowest BCUT2D eigenvalue weighted by atomic mass is 10.3. The fourth-order valence-corrected chi connectivity index (χ4v) is 2.40. The zero-order valence-electron chi connectivity index (χ0n) is 12.1. The highest BCUT2D eigenvalue weighted by Gasteiger charge is 2.07. The van der Waals surface area contributed by atoms with Crippen molar-refractivity contribution >= 4 is 28.0 Å². The van der Waals surface area contributed by atoms with Gasteiger partial charge in [0.1, 0.15) is 18.2 Å². The van der Waals surface area contributed by atoms with Crippen LogP contribution >= 0.6 is 17.0 Å². The van der Waals surface area contributed by atoms with Gasteiger partial charge in [0.05, 0.1) is 17.6 Å². The largest absolute Gasteiger partial charge is 0.492 e. The molecule has 0 bridgehead atoms. The first-order valence-electron chi connectivity index (χ1n) is 6.74. The normalized spacial score (nSPS) is 10.5. The standard InChI is InChI=1S/C16H16FN3O.BrH/c1-19-14-4-2-3-5-15(14)20(16(19)18)10-11-21-13-8-6-12(17)7-9-13;/h2-9,18H,10-11H2,1H3;1H. The van der Waals surface area contributed by atoms with Crippen LogP contribution in [-0.2, 0) is 13.6 Å². The van der Waals surface area contributed by atoms with Gasteiger partial charge >= 0.3 is 0 Å². The van der Waals surface area contributed by atoms with Crippen LogP contribution < -0.4 is 10.4 Å². The molecular weight excluding hydrogens is 349 g/mol. The molecule has 6 heteroatoms. The van der Waals surface area contributed by atoms with E-state index < -0.39 is 0 Å². The fourth-order valence-electron chi connectivity index (χ4n) is 2.40. The molecular formula is C16H17BrFN3O. The molecule has 0 fully saturated rings. The van der Waals surface area contributed by atoms with Crippen LogP contribution in [0.25, 0.3) is 11.0 Å². The van der Waals surface area contributed by atoms with Gasteiger partial charge < -0.3 is 13.9 Å². The number of aromatic nitrogens is 2. The summed E-state index contributed by atoms with van der Waals surface area (Å²) in [7, 11) is 1.88. The third-order valence-corrected chi connectivity index (χ3v) is 3.50. The third kappa shape index (κ3) is 3.06. The van der Waals surface area contributed by atoms with E-state index in [1.165, 1.54) is 12.1 Å². The van der Waals surface area contributed by atoms with Crippen molar-refractivity contribution < 1.29 is 9.13 Å². The van der Waals surface area contributed by atoms with E-state index in [-0.39, 0.29) is 22.8 Å². The summed E-state index contributed by atoms with van der Waals surface area (Å²) in [6.07, 6.45) is 0. The molecule has 0 aliphatic rings. The van der Waals surface area contributed by atoms with Crippen LogP contribution in [0.15, 0.2) is 48.5 Å². The molecule has 1 N–H and O–H groups in total. The number of fused-ring (bicyclic) bond motifs is 1. The number of imidazole rings is 1. The molecule has 2 aromatic carbocycles. The molecule has 0 aliphatic heterocycles. The molecule has 3 aromatic rings. The van der Waals surface area contributed by atoms with Gasteiger partial charge in [-0.15, -0.1) is 17.0 Å². The van der Waals surface area contributed by atoms with Crippen LogP contribution in [0.4, 0.5) is 4.39 Å². The van der Waals surface area contributed by atoms with Gasteiger partial charge in [0.2, 0.25) is 5.62 Å². The van der Waals surface area contributed by atoms with E-state index in [0.717, 1.165) is 11.0 Å². The smallest absolute Gasteiger partial charge is 0.202 e. The molecule has 0 saturated carbocycles. The van der Waals surface area contributed by atoms with E-state index in [1.54, 1.807) is 12.1 Å². The van der Waals surface area contributed by atoms with E-state index in [1.807, 2.05) is 40.4 Å². The van der Waals surface area contributed by atoms with Crippen LogP contribution in [0.3, 0.4) is 0 Å². The number of hydrogen-bond donors (Lipinski definition) is 1. The average molecular weight is 366 g/mol. The van der Waals surface area contributed by atoms with Gasteiger partial charge in [-0.2, -0.15) is 0 Å². The number of nitrogens with zero attached hydrogens (tertiary/aromatic N) is 2. The van der Waals surface area contributed by atoms with Gasteiger partial charge in [0.15, 0.2) is 0 Å².